The minimum Gasteiger partial charge on any atom is -0.462 e. The molecule has 0 aromatic rings. The van der Waals surface area contributed by atoms with Gasteiger partial charge in [0.05, 0.1) is 25.2 Å². The number of hydrogen-bond donors (Lipinski definition) is 3. The standard InChI is InChI=1S/C54H107NO5/c1-4-7-10-13-16-19-22-24-26-27-28-30-32-34-37-40-43-46-52(57)51(49-56)55-53(58)48-50(60-54(59)47-44-41-38-35-21-18-15-12-9-6-3)45-42-39-36-33-31-29-25-23-20-17-14-11-8-5-2/h50-52,56-57H,4-49H2,1-3H3,(H,55,58). The molecule has 0 fully saturated rings. The van der Waals surface area contributed by atoms with E-state index in [2.05, 4.69) is 26.1 Å². The number of aliphatic hydroxyl groups excluding tert-OH is 2. The Kier molecular flexibility index (Phi) is 48.0. The molecule has 0 bridgehead atoms. The maximum atomic E-state index is 13.2. The number of carbonyl (C=O) groups excluding carboxylic acids is 2. The van der Waals surface area contributed by atoms with Gasteiger partial charge in [-0.15, -0.1) is 0 Å². The molecule has 3 unspecified atom stereocenters. The van der Waals surface area contributed by atoms with Crippen LogP contribution in [-0.2, 0) is 14.3 Å². The molecule has 0 aromatic carbocycles. The summed E-state index contributed by atoms with van der Waals surface area (Å²) in [5.41, 5.74) is 0. The summed E-state index contributed by atoms with van der Waals surface area (Å²) in [6.07, 6.45) is 53.1. The zero-order valence-corrected chi connectivity index (χ0v) is 40.9. The van der Waals surface area contributed by atoms with Gasteiger partial charge in [-0.1, -0.05) is 271 Å². The number of unbranched alkanes of at least 4 members (excludes halogenated alkanes) is 38. The van der Waals surface area contributed by atoms with E-state index in [4.69, 9.17) is 4.74 Å². The summed E-state index contributed by atoms with van der Waals surface area (Å²) < 4.78 is 5.93. The second kappa shape index (κ2) is 48.9. The van der Waals surface area contributed by atoms with Gasteiger partial charge < -0.3 is 20.3 Å². The van der Waals surface area contributed by atoms with E-state index in [1.165, 1.54) is 218 Å². The Morgan fingerprint density at radius 1 is 0.417 bits per heavy atom. The van der Waals surface area contributed by atoms with Gasteiger partial charge in [0.1, 0.15) is 6.10 Å². The van der Waals surface area contributed by atoms with E-state index in [9.17, 15) is 19.8 Å². The highest BCUT2D eigenvalue weighted by atomic mass is 16.5. The largest absolute Gasteiger partial charge is 0.462 e. The lowest BCUT2D eigenvalue weighted by atomic mass is 10.0. The van der Waals surface area contributed by atoms with Crippen molar-refractivity contribution < 1.29 is 24.5 Å². The Labute approximate surface area is 375 Å². The third kappa shape index (κ3) is 43.5. The van der Waals surface area contributed by atoms with Crippen LogP contribution < -0.4 is 5.32 Å². The first-order valence-corrected chi connectivity index (χ1v) is 27.3. The van der Waals surface area contributed by atoms with Crippen molar-refractivity contribution in [2.45, 2.75) is 328 Å². The summed E-state index contributed by atoms with van der Waals surface area (Å²) in [5.74, 6) is -0.451. The van der Waals surface area contributed by atoms with Gasteiger partial charge in [0.25, 0.3) is 0 Å². The Hall–Kier alpha value is -1.14. The highest BCUT2D eigenvalue weighted by Gasteiger charge is 2.24. The number of aliphatic hydroxyl groups is 2. The lowest BCUT2D eigenvalue weighted by Crippen LogP contribution is -2.46. The van der Waals surface area contributed by atoms with Crippen molar-refractivity contribution in [3.63, 3.8) is 0 Å². The van der Waals surface area contributed by atoms with E-state index >= 15 is 0 Å². The first-order valence-electron chi connectivity index (χ1n) is 27.3. The number of hydrogen-bond acceptors (Lipinski definition) is 5. The fraction of sp³-hybridized carbons (Fsp3) is 0.963. The van der Waals surface area contributed by atoms with Crippen molar-refractivity contribution in [3.8, 4) is 0 Å². The molecule has 0 aromatic heterocycles. The van der Waals surface area contributed by atoms with Gasteiger partial charge in [-0.2, -0.15) is 0 Å². The summed E-state index contributed by atoms with van der Waals surface area (Å²) >= 11 is 0. The molecule has 0 aliphatic carbocycles. The fourth-order valence-corrected chi connectivity index (χ4v) is 8.79. The second-order valence-electron chi connectivity index (χ2n) is 19.0. The Balaban J connectivity index is 4.43. The van der Waals surface area contributed by atoms with Gasteiger partial charge in [0, 0.05) is 6.42 Å². The lowest BCUT2D eigenvalue weighted by molar-refractivity contribution is -0.151. The number of ether oxygens (including phenoxy) is 1. The molecule has 6 heteroatoms. The molecule has 1 amide bonds. The van der Waals surface area contributed by atoms with Crippen LogP contribution in [-0.4, -0.2) is 46.9 Å². The average Bonchev–Trinajstić information content (AvgIpc) is 3.24. The van der Waals surface area contributed by atoms with Gasteiger partial charge in [0.2, 0.25) is 5.91 Å². The number of carbonyl (C=O) groups is 2. The van der Waals surface area contributed by atoms with E-state index in [0.29, 0.717) is 19.3 Å². The van der Waals surface area contributed by atoms with Crippen LogP contribution in [0.15, 0.2) is 0 Å². The normalized spacial score (nSPS) is 13.1. The number of esters is 1. The number of nitrogens with one attached hydrogen (secondary N) is 1. The molecular weight excluding hydrogens is 743 g/mol. The molecule has 0 aliphatic heterocycles. The van der Waals surface area contributed by atoms with Crippen molar-refractivity contribution in [2.75, 3.05) is 6.61 Å². The first-order chi connectivity index (χ1) is 29.5. The lowest BCUT2D eigenvalue weighted by Gasteiger charge is -2.24. The molecule has 60 heavy (non-hydrogen) atoms. The summed E-state index contributed by atoms with van der Waals surface area (Å²) in [7, 11) is 0. The van der Waals surface area contributed by atoms with E-state index in [-0.39, 0.29) is 24.9 Å². The van der Waals surface area contributed by atoms with Gasteiger partial charge in [-0.25, -0.2) is 0 Å². The van der Waals surface area contributed by atoms with Gasteiger partial charge in [-0.3, -0.25) is 9.59 Å². The van der Waals surface area contributed by atoms with Crippen LogP contribution in [0.1, 0.15) is 310 Å². The highest BCUT2D eigenvalue weighted by molar-refractivity contribution is 5.77. The molecule has 358 valence electrons. The predicted molar refractivity (Wildman–Crippen MR) is 260 cm³/mol. The number of rotatable bonds is 50. The quantitative estimate of drug-likeness (QED) is 0.0419. The predicted octanol–water partition coefficient (Wildman–Crippen LogP) is 16.4. The van der Waals surface area contributed by atoms with E-state index in [0.717, 1.165) is 44.9 Å². The van der Waals surface area contributed by atoms with Crippen LogP contribution in [0, 0.1) is 0 Å². The van der Waals surface area contributed by atoms with Crippen LogP contribution >= 0.6 is 0 Å². The molecule has 0 saturated carbocycles. The van der Waals surface area contributed by atoms with Crippen LogP contribution in [0.3, 0.4) is 0 Å². The van der Waals surface area contributed by atoms with E-state index in [1.807, 2.05) is 0 Å². The van der Waals surface area contributed by atoms with Crippen LogP contribution in [0.2, 0.25) is 0 Å². The minimum absolute atomic E-state index is 0.0879. The van der Waals surface area contributed by atoms with Crippen LogP contribution in [0.5, 0.6) is 0 Å². The monoisotopic (exact) mass is 850 g/mol. The minimum atomic E-state index is -0.779. The second-order valence-corrected chi connectivity index (χ2v) is 19.0. The van der Waals surface area contributed by atoms with Crippen molar-refractivity contribution in [3.05, 3.63) is 0 Å². The fourth-order valence-electron chi connectivity index (χ4n) is 8.79. The third-order valence-corrected chi connectivity index (χ3v) is 12.9. The highest BCUT2D eigenvalue weighted by Crippen LogP contribution is 2.19. The molecule has 0 aliphatic rings. The summed E-state index contributed by atoms with van der Waals surface area (Å²) in [4.78, 5) is 26.1. The smallest absolute Gasteiger partial charge is 0.306 e. The summed E-state index contributed by atoms with van der Waals surface area (Å²) in [6.45, 7) is 6.51. The first kappa shape index (κ1) is 58.9. The molecule has 6 nitrogen and oxygen atoms in total. The molecule has 0 heterocycles. The topological polar surface area (TPSA) is 95.9 Å². The maximum Gasteiger partial charge on any atom is 0.306 e. The summed E-state index contributed by atoms with van der Waals surface area (Å²) in [5, 5.41) is 23.8. The Morgan fingerprint density at radius 2 is 0.700 bits per heavy atom. The molecule has 0 spiro atoms. The molecule has 3 N–H and O–H groups in total. The van der Waals surface area contributed by atoms with Crippen LogP contribution in [0.25, 0.3) is 0 Å². The van der Waals surface area contributed by atoms with Gasteiger partial charge in [0.15, 0.2) is 0 Å². The molecule has 0 saturated heterocycles. The summed E-state index contributed by atoms with van der Waals surface area (Å²) in [6, 6.07) is -0.692. The molecule has 0 rings (SSSR count). The molecule has 3 atom stereocenters. The zero-order valence-electron chi connectivity index (χ0n) is 40.9. The van der Waals surface area contributed by atoms with Gasteiger partial charge >= 0.3 is 5.97 Å². The van der Waals surface area contributed by atoms with Crippen molar-refractivity contribution in [1.29, 1.82) is 0 Å². The Morgan fingerprint density at radius 3 is 1.02 bits per heavy atom. The number of amides is 1. The third-order valence-electron chi connectivity index (χ3n) is 12.9. The van der Waals surface area contributed by atoms with Crippen molar-refractivity contribution in [2.24, 2.45) is 0 Å². The Bertz CT molecular complexity index is 867. The van der Waals surface area contributed by atoms with E-state index < -0.39 is 18.2 Å². The average molecular weight is 850 g/mol. The SMILES string of the molecule is CCCCCCCCCCCCCCCCCCCC(O)C(CO)NC(=O)CC(CCCCCCCCCCCCCCCC)OC(=O)CCCCCCCCCCCC. The van der Waals surface area contributed by atoms with Crippen LogP contribution in [0.4, 0.5) is 0 Å². The van der Waals surface area contributed by atoms with Gasteiger partial charge in [-0.05, 0) is 25.7 Å². The molecule has 0 radical (unpaired) electrons. The zero-order chi connectivity index (χ0) is 43.8. The van der Waals surface area contributed by atoms with Crippen molar-refractivity contribution in [1.82, 2.24) is 5.32 Å². The van der Waals surface area contributed by atoms with E-state index in [1.54, 1.807) is 0 Å². The molecular formula is C54H107NO5. The maximum absolute atomic E-state index is 13.2. The van der Waals surface area contributed by atoms with Crippen molar-refractivity contribution >= 4 is 11.9 Å².